The van der Waals surface area contributed by atoms with Crippen molar-refractivity contribution in [2.24, 2.45) is 10.9 Å². The standard InChI is InChI=1S/C14H26F3N3O.HI/c1-18-13(19-8-3-2-7-14(15,16)17)20-9-4-10-21-11-12-5-6-12;/h12H,2-11H2,1H3,(H2,18,19,20);1H. The number of aliphatic imine (C=N–C) groups is 1. The van der Waals surface area contributed by atoms with Gasteiger partial charge >= 0.3 is 6.18 Å². The van der Waals surface area contributed by atoms with Crippen LogP contribution in [-0.4, -0.2) is 45.5 Å². The van der Waals surface area contributed by atoms with E-state index in [1.165, 1.54) is 12.8 Å². The van der Waals surface area contributed by atoms with Gasteiger partial charge in [-0.3, -0.25) is 4.99 Å². The van der Waals surface area contributed by atoms with Gasteiger partial charge in [0.15, 0.2) is 5.96 Å². The summed E-state index contributed by atoms with van der Waals surface area (Å²) < 4.78 is 41.4. The van der Waals surface area contributed by atoms with E-state index >= 15 is 0 Å². The fraction of sp³-hybridized carbons (Fsp3) is 0.929. The van der Waals surface area contributed by atoms with Crippen LogP contribution < -0.4 is 10.6 Å². The Hall–Kier alpha value is -0.250. The van der Waals surface area contributed by atoms with E-state index in [1.54, 1.807) is 7.05 Å². The molecule has 1 rings (SSSR count). The van der Waals surface area contributed by atoms with Gasteiger partial charge < -0.3 is 15.4 Å². The van der Waals surface area contributed by atoms with Crippen molar-refractivity contribution in [2.75, 3.05) is 33.4 Å². The van der Waals surface area contributed by atoms with Gasteiger partial charge in [-0.15, -0.1) is 24.0 Å². The van der Waals surface area contributed by atoms with E-state index < -0.39 is 12.6 Å². The van der Waals surface area contributed by atoms with Gasteiger partial charge in [-0.2, -0.15) is 13.2 Å². The number of nitrogens with zero attached hydrogens (tertiary/aromatic N) is 1. The lowest BCUT2D eigenvalue weighted by molar-refractivity contribution is -0.135. The van der Waals surface area contributed by atoms with Crippen molar-refractivity contribution in [2.45, 2.75) is 44.7 Å². The normalized spacial score (nSPS) is 15.4. The number of ether oxygens (including phenoxy) is 1. The number of rotatable bonds is 10. The Morgan fingerprint density at radius 2 is 1.77 bits per heavy atom. The number of unbranched alkanes of at least 4 members (excludes halogenated alkanes) is 1. The smallest absolute Gasteiger partial charge is 0.381 e. The van der Waals surface area contributed by atoms with Crippen molar-refractivity contribution in [3.05, 3.63) is 0 Å². The van der Waals surface area contributed by atoms with Crippen LogP contribution in [0.4, 0.5) is 13.2 Å². The van der Waals surface area contributed by atoms with Gasteiger partial charge in [0.25, 0.3) is 0 Å². The topological polar surface area (TPSA) is 45.7 Å². The number of guanidine groups is 1. The van der Waals surface area contributed by atoms with Crippen molar-refractivity contribution in [3.8, 4) is 0 Å². The van der Waals surface area contributed by atoms with Crippen molar-refractivity contribution in [3.63, 3.8) is 0 Å². The van der Waals surface area contributed by atoms with Gasteiger partial charge in [-0.25, -0.2) is 0 Å². The molecule has 0 aromatic carbocycles. The lowest BCUT2D eigenvalue weighted by Gasteiger charge is -2.12. The van der Waals surface area contributed by atoms with Crippen LogP contribution in [0.1, 0.15) is 38.5 Å². The number of hydrogen-bond acceptors (Lipinski definition) is 2. The minimum absolute atomic E-state index is 0. The fourth-order valence-electron chi connectivity index (χ4n) is 1.79. The summed E-state index contributed by atoms with van der Waals surface area (Å²) in [4.78, 5) is 4.02. The molecule has 0 spiro atoms. The summed E-state index contributed by atoms with van der Waals surface area (Å²) in [5.74, 6) is 1.41. The highest BCUT2D eigenvalue weighted by atomic mass is 127. The van der Waals surface area contributed by atoms with E-state index in [0.29, 0.717) is 18.9 Å². The summed E-state index contributed by atoms with van der Waals surface area (Å²) in [5, 5.41) is 6.12. The first kappa shape index (κ1) is 21.8. The molecule has 0 saturated heterocycles. The third-order valence-electron chi connectivity index (χ3n) is 3.21. The third-order valence-corrected chi connectivity index (χ3v) is 3.21. The van der Waals surface area contributed by atoms with E-state index in [9.17, 15) is 13.2 Å². The average Bonchev–Trinajstić information content (AvgIpc) is 3.22. The summed E-state index contributed by atoms with van der Waals surface area (Å²) in [7, 11) is 1.65. The fourth-order valence-corrected chi connectivity index (χ4v) is 1.79. The Balaban J connectivity index is 0.00000441. The minimum Gasteiger partial charge on any atom is -0.381 e. The molecule has 4 nitrogen and oxygen atoms in total. The maximum Gasteiger partial charge on any atom is 0.389 e. The predicted octanol–water partition coefficient (Wildman–Crippen LogP) is 3.32. The zero-order chi connectivity index (χ0) is 15.6. The molecule has 8 heteroatoms. The summed E-state index contributed by atoms with van der Waals surface area (Å²) >= 11 is 0. The van der Waals surface area contributed by atoms with Crippen LogP contribution >= 0.6 is 24.0 Å². The number of nitrogens with one attached hydrogen (secondary N) is 2. The van der Waals surface area contributed by atoms with Gasteiger partial charge in [-0.1, -0.05) is 0 Å². The zero-order valence-corrected chi connectivity index (χ0v) is 15.4. The van der Waals surface area contributed by atoms with Crippen LogP contribution in [0.5, 0.6) is 0 Å². The number of halogens is 4. The van der Waals surface area contributed by atoms with Gasteiger partial charge in [0, 0.05) is 39.8 Å². The molecular weight excluding hydrogens is 410 g/mol. The number of alkyl halides is 3. The summed E-state index contributed by atoms with van der Waals surface area (Å²) in [5.41, 5.74) is 0. The van der Waals surface area contributed by atoms with Gasteiger partial charge in [0.05, 0.1) is 0 Å². The maximum atomic E-state index is 12.0. The minimum atomic E-state index is -4.06. The molecule has 1 aliphatic rings. The quantitative estimate of drug-likeness (QED) is 0.239. The summed E-state index contributed by atoms with van der Waals surface area (Å²) in [6, 6.07) is 0. The Morgan fingerprint density at radius 3 is 2.32 bits per heavy atom. The largest absolute Gasteiger partial charge is 0.389 e. The van der Waals surface area contributed by atoms with Crippen molar-refractivity contribution in [1.82, 2.24) is 10.6 Å². The third kappa shape index (κ3) is 13.4. The second-order valence-corrected chi connectivity index (χ2v) is 5.37. The Bertz CT molecular complexity index is 310. The molecule has 1 saturated carbocycles. The van der Waals surface area contributed by atoms with E-state index in [-0.39, 0.29) is 30.4 Å². The molecule has 0 unspecified atom stereocenters. The Morgan fingerprint density at radius 1 is 1.14 bits per heavy atom. The molecule has 22 heavy (non-hydrogen) atoms. The van der Waals surface area contributed by atoms with E-state index in [4.69, 9.17) is 4.74 Å². The molecule has 0 heterocycles. The summed E-state index contributed by atoms with van der Waals surface area (Å²) in [6.07, 6.45) is -0.680. The Kier molecular flexibility index (Phi) is 12.1. The monoisotopic (exact) mass is 437 g/mol. The Labute approximate surface area is 147 Å². The first-order chi connectivity index (χ1) is 10.0. The van der Waals surface area contributed by atoms with Crippen LogP contribution in [0.3, 0.4) is 0 Å². The highest BCUT2D eigenvalue weighted by molar-refractivity contribution is 14.0. The SMILES string of the molecule is CN=C(NCCCCC(F)(F)F)NCCCOCC1CC1.I. The molecule has 0 atom stereocenters. The average molecular weight is 437 g/mol. The van der Waals surface area contributed by atoms with E-state index in [1.807, 2.05) is 0 Å². The predicted molar refractivity (Wildman–Crippen MR) is 92.8 cm³/mol. The molecule has 0 aromatic heterocycles. The van der Waals surface area contributed by atoms with E-state index in [2.05, 4.69) is 15.6 Å². The lowest BCUT2D eigenvalue weighted by atomic mass is 10.2. The van der Waals surface area contributed by atoms with Crippen LogP contribution in [0, 0.1) is 5.92 Å². The van der Waals surface area contributed by atoms with E-state index in [0.717, 1.165) is 32.1 Å². The van der Waals surface area contributed by atoms with Crippen molar-refractivity contribution in [1.29, 1.82) is 0 Å². The van der Waals surface area contributed by atoms with Crippen LogP contribution in [0.2, 0.25) is 0 Å². The second kappa shape index (κ2) is 12.2. The van der Waals surface area contributed by atoms with Gasteiger partial charge in [0.2, 0.25) is 0 Å². The molecular formula is C14H27F3IN3O. The van der Waals surface area contributed by atoms with Crippen LogP contribution in [0.15, 0.2) is 4.99 Å². The molecule has 0 bridgehead atoms. The highest BCUT2D eigenvalue weighted by Gasteiger charge is 2.25. The molecule has 0 radical (unpaired) electrons. The van der Waals surface area contributed by atoms with Crippen molar-refractivity contribution < 1.29 is 17.9 Å². The van der Waals surface area contributed by atoms with Crippen molar-refractivity contribution >= 4 is 29.9 Å². The molecule has 0 amide bonds. The maximum absolute atomic E-state index is 12.0. The lowest BCUT2D eigenvalue weighted by Crippen LogP contribution is -2.38. The van der Waals surface area contributed by atoms with Gasteiger partial charge in [-0.05, 0) is 38.0 Å². The molecule has 1 aliphatic carbocycles. The number of hydrogen-bond donors (Lipinski definition) is 2. The van der Waals surface area contributed by atoms with Crippen LogP contribution in [0.25, 0.3) is 0 Å². The first-order valence-electron chi connectivity index (χ1n) is 7.60. The summed E-state index contributed by atoms with van der Waals surface area (Å²) in [6.45, 7) is 2.83. The molecule has 2 N–H and O–H groups in total. The zero-order valence-electron chi connectivity index (χ0n) is 13.0. The van der Waals surface area contributed by atoms with Gasteiger partial charge in [0.1, 0.15) is 0 Å². The highest BCUT2D eigenvalue weighted by Crippen LogP contribution is 2.28. The molecule has 1 fully saturated rings. The molecule has 0 aromatic rings. The second-order valence-electron chi connectivity index (χ2n) is 5.37. The van der Waals surface area contributed by atoms with Crippen LogP contribution in [-0.2, 0) is 4.74 Å². The molecule has 132 valence electrons. The first-order valence-corrected chi connectivity index (χ1v) is 7.60. The molecule has 0 aliphatic heterocycles.